The third-order valence-electron chi connectivity index (χ3n) is 4.95. The van der Waals surface area contributed by atoms with Crippen molar-refractivity contribution in [3.05, 3.63) is 83.4 Å². The van der Waals surface area contributed by atoms with E-state index in [-0.39, 0.29) is 29.8 Å². The van der Waals surface area contributed by atoms with Crippen molar-refractivity contribution in [1.29, 1.82) is 0 Å². The molecule has 0 unspecified atom stereocenters. The summed E-state index contributed by atoms with van der Waals surface area (Å²) < 4.78 is 0. The Kier molecular flexibility index (Phi) is 7.20. The first-order valence-electron chi connectivity index (χ1n) is 10.1. The Balaban J connectivity index is 1.80. The van der Waals surface area contributed by atoms with Gasteiger partial charge in [-0.25, -0.2) is 4.79 Å². The first-order valence-corrected chi connectivity index (χ1v) is 10.1. The van der Waals surface area contributed by atoms with Crippen LogP contribution in [0.15, 0.2) is 66.7 Å². The summed E-state index contributed by atoms with van der Waals surface area (Å²) in [5.74, 6) is -3.45. The van der Waals surface area contributed by atoms with Crippen molar-refractivity contribution in [2.75, 3.05) is 11.9 Å². The highest BCUT2D eigenvalue weighted by molar-refractivity contribution is 6.08. The molecule has 4 N–H and O–H groups in total. The molecule has 0 saturated carbocycles. The average Bonchev–Trinajstić information content (AvgIpc) is 2.78. The molecule has 0 aliphatic rings. The van der Waals surface area contributed by atoms with Gasteiger partial charge in [-0.1, -0.05) is 36.4 Å². The molecular weight excluding hydrogens is 424 g/mol. The Morgan fingerprint density at radius 2 is 1.58 bits per heavy atom. The van der Waals surface area contributed by atoms with E-state index in [1.54, 1.807) is 6.92 Å². The lowest BCUT2D eigenvalue weighted by atomic mass is 10.0. The Morgan fingerprint density at radius 1 is 0.879 bits per heavy atom. The van der Waals surface area contributed by atoms with Crippen LogP contribution >= 0.6 is 0 Å². The summed E-state index contributed by atoms with van der Waals surface area (Å²) in [6, 6.07) is 17.4. The number of carboxylic acid groups (broad SMARTS) is 2. The number of carbonyl (C=O) groups is 4. The molecule has 3 rings (SSSR count). The van der Waals surface area contributed by atoms with Crippen LogP contribution < -0.4 is 10.6 Å². The Hall–Kier alpha value is -4.46. The van der Waals surface area contributed by atoms with Crippen LogP contribution in [0.5, 0.6) is 0 Å². The number of hydrogen-bond donors (Lipinski definition) is 4. The zero-order chi connectivity index (χ0) is 24.0. The number of aromatic carboxylic acids is 1. The zero-order valence-corrected chi connectivity index (χ0v) is 17.8. The molecule has 2 amide bonds. The molecule has 3 aromatic carbocycles. The molecule has 168 valence electrons. The van der Waals surface area contributed by atoms with Crippen molar-refractivity contribution in [2.24, 2.45) is 0 Å². The molecule has 0 aromatic heterocycles. The summed E-state index contributed by atoms with van der Waals surface area (Å²) in [7, 11) is 0. The van der Waals surface area contributed by atoms with Gasteiger partial charge in [0.15, 0.2) is 0 Å². The number of carbonyl (C=O) groups excluding carboxylic acids is 2. The fourth-order valence-corrected chi connectivity index (χ4v) is 3.24. The van der Waals surface area contributed by atoms with Gasteiger partial charge in [-0.2, -0.15) is 0 Å². The number of carboxylic acids is 2. The van der Waals surface area contributed by atoms with Gasteiger partial charge in [0.1, 0.15) is 0 Å². The smallest absolute Gasteiger partial charge is 0.337 e. The van der Waals surface area contributed by atoms with Crippen LogP contribution in [0.25, 0.3) is 16.3 Å². The topological polar surface area (TPSA) is 133 Å². The predicted octanol–water partition coefficient (Wildman–Crippen LogP) is 3.78. The molecule has 0 aliphatic heterocycles. The van der Waals surface area contributed by atoms with E-state index in [9.17, 15) is 24.3 Å². The zero-order valence-electron chi connectivity index (χ0n) is 17.8. The van der Waals surface area contributed by atoms with E-state index in [4.69, 9.17) is 5.11 Å². The van der Waals surface area contributed by atoms with Gasteiger partial charge in [-0.15, -0.1) is 0 Å². The molecular formula is C25H22N2O6. The number of rotatable bonds is 8. The van der Waals surface area contributed by atoms with Gasteiger partial charge >= 0.3 is 11.9 Å². The van der Waals surface area contributed by atoms with Crippen LogP contribution in [0, 0.1) is 0 Å². The highest BCUT2D eigenvalue weighted by atomic mass is 16.4. The van der Waals surface area contributed by atoms with Crippen molar-refractivity contribution in [2.45, 2.75) is 13.3 Å². The van der Waals surface area contributed by atoms with Crippen molar-refractivity contribution in [3.63, 3.8) is 0 Å². The lowest BCUT2D eigenvalue weighted by Crippen LogP contribution is -2.26. The lowest BCUT2D eigenvalue weighted by molar-refractivity contribution is -0.136. The molecule has 0 atom stereocenters. The number of aliphatic carboxylic acids is 1. The maximum absolute atomic E-state index is 12.6. The number of allylic oxidation sites excluding steroid dienone is 1. The second-order valence-electron chi connectivity index (χ2n) is 7.34. The number of nitrogens with one attached hydrogen (secondary N) is 2. The molecule has 0 saturated heterocycles. The van der Waals surface area contributed by atoms with Crippen LogP contribution in [0.1, 0.15) is 39.6 Å². The van der Waals surface area contributed by atoms with Crippen molar-refractivity contribution in [3.8, 4) is 0 Å². The van der Waals surface area contributed by atoms with E-state index in [1.165, 1.54) is 24.3 Å². The monoisotopic (exact) mass is 446 g/mol. The summed E-state index contributed by atoms with van der Waals surface area (Å²) in [4.78, 5) is 47.0. The fraction of sp³-hybridized carbons (Fsp3) is 0.120. The van der Waals surface area contributed by atoms with Gasteiger partial charge < -0.3 is 20.8 Å². The Morgan fingerprint density at radius 3 is 2.27 bits per heavy atom. The molecule has 0 fully saturated rings. The number of fused-ring (bicyclic) bond motifs is 1. The van der Waals surface area contributed by atoms with E-state index in [0.717, 1.165) is 16.3 Å². The molecule has 0 radical (unpaired) electrons. The van der Waals surface area contributed by atoms with Gasteiger partial charge in [-0.3, -0.25) is 14.4 Å². The Bertz CT molecular complexity index is 1280. The Labute approximate surface area is 189 Å². The largest absolute Gasteiger partial charge is 0.481 e. The number of hydrogen-bond acceptors (Lipinski definition) is 4. The maximum atomic E-state index is 12.6. The minimum atomic E-state index is -1.27. The first kappa shape index (κ1) is 23.2. The van der Waals surface area contributed by atoms with E-state index in [2.05, 4.69) is 10.6 Å². The van der Waals surface area contributed by atoms with E-state index < -0.39 is 23.8 Å². The molecule has 0 spiro atoms. The van der Waals surface area contributed by atoms with Gasteiger partial charge in [0.05, 0.1) is 17.7 Å². The second kappa shape index (κ2) is 10.2. The van der Waals surface area contributed by atoms with Crippen LogP contribution in [0.2, 0.25) is 0 Å². The number of amides is 2. The third kappa shape index (κ3) is 6.04. The van der Waals surface area contributed by atoms with E-state index >= 15 is 0 Å². The standard InChI is InChI=1S/C25H22N2O6/c1-15(17-7-6-16-4-2-3-5-18(16)13-17)12-22(28)27-21-14-19(8-9-20(21)25(32)33)24(31)26-11-10-23(29)30/h2-9,12-14H,10-11H2,1H3,(H,26,31)(H,27,28)(H,29,30)(H,32,33)/b15-12-. The van der Waals surface area contributed by atoms with Gasteiger partial charge in [0.2, 0.25) is 5.91 Å². The quantitative estimate of drug-likeness (QED) is 0.389. The van der Waals surface area contributed by atoms with E-state index in [0.29, 0.717) is 5.57 Å². The molecule has 0 heterocycles. The lowest BCUT2D eigenvalue weighted by Gasteiger charge is -2.11. The normalized spacial score (nSPS) is 11.1. The second-order valence-corrected chi connectivity index (χ2v) is 7.34. The van der Waals surface area contributed by atoms with Crippen molar-refractivity contribution < 1.29 is 29.4 Å². The van der Waals surface area contributed by atoms with Crippen LogP contribution in [-0.4, -0.2) is 40.5 Å². The van der Waals surface area contributed by atoms with Crippen LogP contribution in [0.3, 0.4) is 0 Å². The summed E-state index contributed by atoms with van der Waals surface area (Å²) >= 11 is 0. The predicted molar refractivity (Wildman–Crippen MR) is 124 cm³/mol. The molecule has 3 aromatic rings. The first-order chi connectivity index (χ1) is 15.7. The molecule has 8 heteroatoms. The molecule has 8 nitrogen and oxygen atoms in total. The van der Waals surface area contributed by atoms with Crippen LogP contribution in [-0.2, 0) is 9.59 Å². The van der Waals surface area contributed by atoms with E-state index in [1.807, 2.05) is 42.5 Å². The summed E-state index contributed by atoms with van der Waals surface area (Å²) in [6.07, 6.45) is 1.11. The maximum Gasteiger partial charge on any atom is 0.337 e. The van der Waals surface area contributed by atoms with Gasteiger partial charge in [0.25, 0.3) is 5.91 Å². The minimum Gasteiger partial charge on any atom is -0.481 e. The number of benzene rings is 3. The van der Waals surface area contributed by atoms with Gasteiger partial charge in [-0.05, 0) is 53.1 Å². The fourth-order valence-electron chi connectivity index (χ4n) is 3.24. The molecule has 0 aliphatic carbocycles. The van der Waals surface area contributed by atoms with Gasteiger partial charge in [0, 0.05) is 18.2 Å². The molecule has 0 bridgehead atoms. The average molecular weight is 446 g/mol. The minimum absolute atomic E-state index is 0.0408. The summed E-state index contributed by atoms with van der Waals surface area (Å²) in [5, 5.41) is 25.2. The summed E-state index contributed by atoms with van der Waals surface area (Å²) in [5.41, 5.74) is 1.39. The van der Waals surface area contributed by atoms with Crippen molar-refractivity contribution >= 4 is 45.8 Å². The summed E-state index contributed by atoms with van der Waals surface area (Å²) in [6.45, 7) is 1.69. The third-order valence-corrected chi connectivity index (χ3v) is 4.95. The van der Waals surface area contributed by atoms with Crippen molar-refractivity contribution in [1.82, 2.24) is 5.32 Å². The number of anilines is 1. The highest BCUT2D eigenvalue weighted by Gasteiger charge is 2.16. The molecule has 33 heavy (non-hydrogen) atoms. The van der Waals surface area contributed by atoms with Crippen LogP contribution in [0.4, 0.5) is 5.69 Å². The SMILES string of the molecule is C/C(=C/C(=O)Nc1cc(C(=O)NCCC(=O)O)ccc1C(=O)O)c1ccc2ccccc2c1. The highest BCUT2D eigenvalue weighted by Crippen LogP contribution is 2.22.